The van der Waals surface area contributed by atoms with Crippen LogP contribution in [0, 0.1) is 11.8 Å². The zero-order chi connectivity index (χ0) is 18.8. The summed E-state index contributed by atoms with van der Waals surface area (Å²) >= 11 is 0. The molecule has 4 heteroatoms. The molecule has 2 amide bonds. The van der Waals surface area contributed by atoms with Gasteiger partial charge in [-0.1, -0.05) is 49.7 Å². The third-order valence-electron chi connectivity index (χ3n) is 6.33. The van der Waals surface area contributed by atoms with E-state index in [-0.39, 0.29) is 23.9 Å². The van der Waals surface area contributed by atoms with Crippen LogP contribution >= 0.6 is 0 Å². The molecule has 1 saturated heterocycles. The molecule has 1 saturated carbocycles. The minimum Gasteiger partial charge on any atom is -0.353 e. The van der Waals surface area contributed by atoms with Crippen molar-refractivity contribution in [1.29, 1.82) is 0 Å². The van der Waals surface area contributed by atoms with Crippen LogP contribution in [-0.2, 0) is 4.79 Å². The topological polar surface area (TPSA) is 58.2 Å². The predicted molar refractivity (Wildman–Crippen MR) is 107 cm³/mol. The summed E-state index contributed by atoms with van der Waals surface area (Å²) in [5, 5.41) is 8.49. The Bertz CT molecular complexity index is 842. The molecule has 4 rings (SSSR count). The average molecular weight is 364 g/mol. The number of benzene rings is 2. The molecule has 2 aliphatic rings. The minimum absolute atomic E-state index is 0.0116. The number of amides is 2. The Morgan fingerprint density at radius 1 is 1.15 bits per heavy atom. The summed E-state index contributed by atoms with van der Waals surface area (Å²) in [4.78, 5) is 25.0. The van der Waals surface area contributed by atoms with Crippen LogP contribution in [0.5, 0.6) is 0 Å². The smallest absolute Gasteiger partial charge is 0.252 e. The van der Waals surface area contributed by atoms with E-state index >= 15 is 0 Å². The van der Waals surface area contributed by atoms with E-state index < -0.39 is 0 Å². The zero-order valence-corrected chi connectivity index (χ0v) is 15.9. The molecule has 27 heavy (non-hydrogen) atoms. The molecule has 1 aliphatic carbocycles. The van der Waals surface area contributed by atoms with Crippen molar-refractivity contribution < 1.29 is 9.59 Å². The third-order valence-corrected chi connectivity index (χ3v) is 6.33. The van der Waals surface area contributed by atoms with Crippen molar-refractivity contribution in [2.45, 2.75) is 57.5 Å². The summed E-state index contributed by atoms with van der Waals surface area (Å²) in [6, 6.07) is 14.2. The van der Waals surface area contributed by atoms with Gasteiger partial charge in [-0.2, -0.15) is 0 Å². The molecular weight excluding hydrogens is 336 g/mol. The minimum atomic E-state index is -0.0116. The lowest BCUT2D eigenvalue weighted by molar-refractivity contribution is -0.127. The molecule has 4 atom stereocenters. The SMILES string of the molecule is CCCC1CC(=O)NC2CC(NC(=O)c3cccc4ccccc34)CCC12. The lowest BCUT2D eigenvalue weighted by Gasteiger charge is -2.44. The van der Waals surface area contributed by atoms with Gasteiger partial charge in [0.15, 0.2) is 0 Å². The highest BCUT2D eigenvalue weighted by Crippen LogP contribution is 2.37. The highest BCUT2D eigenvalue weighted by Gasteiger charge is 2.40. The van der Waals surface area contributed by atoms with Crippen LogP contribution in [0.4, 0.5) is 0 Å². The molecule has 2 N–H and O–H groups in total. The predicted octanol–water partition coefficient (Wildman–Crippen LogP) is 4.04. The van der Waals surface area contributed by atoms with Gasteiger partial charge in [0, 0.05) is 24.1 Å². The van der Waals surface area contributed by atoms with Crippen molar-refractivity contribution in [1.82, 2.24) is 10.6 Å². The van der Waals surface area contributed by atoms with Crippen LogP contribution in [0.25, 0.3) is 10.8 Å². The first-order valence-electron chi connectivity index (χ1n) is 10.2. The van der Waals surface area contributed by atoms with Gasteiger partial charge in [-0.05, 0) is 54.4 Å². The van der Waals surface area contributed by atoms with E-state index in [1.54, 1.807) is 0 Å². The Kier molecular flexibility index (Phi) is 5.15. The molecule has 142 valence electrons. The molecule has 2 aromatic carbocycles. The van der Waals surface area contributed by atoms with Crippen LogP contribution in [0.1, 0.15) is 55.8 Å². The molecule has 2 aromatic rings. The monoisotopic (exact) mass is 364 g/mol. The largest absolute Gasteiger partial charge is 0.353 e. The molecule has 0 radical (unpaired) electrons. The summed E-state index contributed by atoms with van der Waals surface area (Å²) in [7, 11) is 0. The Labute approximate surface area is 160 Å². The maximum atomic E-state index is 12.9. The summed E-state index contributed by atoms with van der Waals surface area (Å²) in [6.07, 6.45) is 5.84. The number of hydrogen-bond acceptors (Lipinski definition) is 2. The van der Waals surface area contributed by atoms with E-state index in [2.05, 4.69) is 17.6 Å². The molecule has 2 fully saturated rings. The Morgan fingerprint density at radius 2 is 1.96 bits per heavy atom. The molecule has 0 spiro atoms. The second-order valence-electron chi connectivity index (χ2n) is 8.10. The van der Waals surface area contributed by atoms with Gasteiger partial charge in [0.2, 0.25) is 5.91 Å². The molecule has 0 aromatic heterocycles. The summed E-state index contributed by atoms with van der Waals surface area (Å²) in [5.74, 6) is 1.23. The third kappa shape index (κ3) is 3.71. The van der Waals surface area contributed by atoms with Crippen LogP contribution in [0.15, 0.2) is 42.5 Å². The van der Waals surface area contributed by atoms with E-state index in [0.29, 0.717) is 18.3 Å². The lowest BCUT2D eigenvalue weighted by Crippen LogP contribution is -2.55. The fourth-order valence-electron chi connectivity index (χ4n) is 5.08. The summed E-state index contributed by atoms with van der Waals surface area (Å²) < 4.78 is 0. The first-order chi connectivity index (χ1) is 13.2. The van der Waals surface area contributed by atoms with Crippen molar-refractivity contribution in [2.75, 3.05) is 0 Å². The zero-order valence-electron chi connectivity index (χ0n) is 15.9. The van der Waals surface area contributed by atoms with Crippen molar-refractivity contribution in [3.63, 3.8) is 0 Å². The highest BCUT2D eigenvalue weighted by atomic mass is 16.2. The number of fused-ring (bicyclic) bond motifs is 2. The van der Waals surface area contributed by atoms with Crippen molar-refractivity contribution >= 4 is 22.6 Å². The quantitative estimate of drug-likeness (QED) is 0.860. The van der Waals surface area contributed by atoms with Crippen LogP contribution < -0.4 is 10.6 Å². The number of nitrogens with one attached hydrogen (secondary N) is 2. The molecule has 4 unspecified atom stereocenters. The second-order valence-corrected chi connectivity index (χ2v) is 8.10. The molecule has 1 heterocycles. The highest BCUT2D eigenvalue weighted by molar-refractivity contribution is 6.07. The number of carbonyl (C=O) groups is 2. The van der Waals surface area contributed by atoms with Gasteiger partial charge in [0.25, 0.3) is 5.91 Å². The van der Waals surface area contributed by atoms with Gasteiger partial charge < -0.3 is 10.6 Å². The normalized spacial score (nSPS) is 27.7. The number of carbonyl (C=O) groups excluding carboxylic acids is 2. The standard InChI is InChI=1S/C23H28N2O2/c1-2-6-16-13-22(26)25-21-14-17(11-12-19(16)21)24-23(27)20-10-5-8-15-7-3-4-9-18(15)20/h3-5,7-10,16-17,19,21H,2,6,11-14H2,1H3,(H,24,27)(H,25,26). The summed E-state index contributed by atoms with van der Waals surface area (Å²) in [5.41, 5.74) is 0.728. The van der Waals surface area contributed by atoms with E-state index in [9.17, 15) is 9.59 Å². The fraction of sp³-hybridized carbons (Fsp3) is 0.478. The van der Waals surface area contributed by atoms with Gasteiger partial charge in [0.1, 0.15) is 0 Å². The van der Waals surface area contributed by atoms with Gasteiger partial charge in [-0.15, -0.1) is 0 Å². The Hall–Kier alpha value is -2.36. The van der Waals surface area contributed by atoms with Crippen LogP contribution in [-0.4, -0.2) is 23.9 Å². The molecular formula is C23H28N2O2. The van der Waals surface area contributed by atoms with Gasteiger partial charge >= 0.3 is 0 Å². The maximum Gasteiger partial charge on any atom is 0.252 e. The number of hydrogen-bond donors (Lipinski definition) is 2. The Balaban J connectivity index is 1.46. The van der Waals surface area contributed by atoms with Crippen LogP contribution in [0.2, 0.25) is 0 Å². The van der Waals surface area contributed by atoms with E-state index in [4.69, 9.17) is 0 Å². The van der Waals surface area contributed by atoms with Crippen LogP contribution in [0.3, 0.4) is 0 Å². The van der Waals surface area contributed by atoms with Gasteiger partial charge in [-0.25, -0.2) is 0 Å². The van der Waals surface area contributed by atoms with Crippen molar-refractivity contribution in [3.05, 3.63) is 48.0 Å². The van der Waals surface area contributed by atoms with E-state index in [1.165, 1.54) is 0 Å². The number of rotatable bonds is 4. The van der Waals surface area contributed by atoms with E-state index in [1.807, 2.05) is 42.5 Å². The average Bonchev–Trinajstić information content (AvgIpc) is 2.67. The van der Waals surface area contributed by atoms with Gasteiger partial charge in [-0.3, -0.25) is 9.59 Å². The van der Waals surface area contributed by atoms with Crippen molar-refractivity contribution in [3.8, 4) is 0 Å². The molecule has 0 bridgehead atoms. The number of piperidine rings is 1. The molecule has 1 aliphatic heterocycles. The van der Waals surface area contributed by atoms with Crippen molar-refractivity contribution in [2.24, 2.45) is 11.8 Å². The second kappa shape index (κ2) is 7.71. The van der Waals surface area contributed by atoms with E-state index in [0.717, 1.165) is 48.4 Å². The Morgan fingerprint density at radius 3 is 2.81 bits per heavy atom. The lowest BCUT2D eigenvalue weighted by atomic mass is 9.70. The summed E-state index contributed by atoms with van der Waals surface area (Å²) in [6.45, 7) is 2.19. The van der Waals surface area contributed by atoms with Gasteiger partial charge in [0.05, 0.1) is 0 Å². The fourth-order valence-corrected chi connectivity index (χ4v) is 5.08. The maximum absolute atomic E-state index is 12.9. The first kappa shape index (κ1) is 18.0. The molecule has 4 nitrogen and oxygen atoms in total. The first-order valence-corrected chi connectivity index (χ1v) is 10.2.